The summed E-state index contributed by atoms with van der Waals surface area (Å²) in [5.41, 5.74) is 8.07. The number of piperidine rings is 1. The standard InChI is InChI=1S/C26H29ClFN7O3S/c1-26(2,37)6-9-38-19-12-20(27)39-23(19)25(36)33-16-4-3-8-34(13-16)18-11-17(15-5-7-30-21(28)10-15)35-22(18)24(29)31-14-32-35/h5,7,10-12,14,16,37H,3-4,6,8-9,13H2,1-2H3,(H,33,36)(H2,29,31,32)/t16-/m1/s1. The van der Waals surface area contributed by atoms with Crippen LogP contribution in [-0.2, 0) is 0 Å². The number of pyridine rings is 1. The van der Waals surface area contributed by atoms with Gasteiger partial charge < -0.3 is 25.8 Å². The van der Waals surface area contributed by atoms with Crippen LogP contribution < -0.4 is 20.7 Å². The fraction of sp³-hybridized carbons (Fsp3) is 0.385. The van der Waals surface area contributed by atoms with Gasteiger partial charge in [-0.05, 0) is 38.8 Å². The fourth-order valence-electron chi connectivity index (χ4n) is 4.64. The maximum atomic E-state index is 13.9. The second-order valence-electron chi connectivity index (χ2n) is 10.1. The van der Waals surface area contributed by atoms with E-state index in [4.69, 9.17) is 22.1 Å². The smallest absolute Gasteiger partial charge is 0.265 e. The summed E-state index contributed by atoms with van der Waals surface area (Å²) in [4.78, 5) is 23.6. The van der Waals surface area contributed by atoms with Crippen LogP contribution in [0.5, 0.6) is 5.75 Å². The van der Waals surface area contributed by atoms with Gasteiger partial charge >= 0.3 is 0 Å². The first-order valence-corrected chi connectivity index (χ1v) is 13.7. The molecule has 10 nitrogen and oxygen atoms in total. The second-order valence-corrected chi connectivity index (χ2v) is 11.8. The van der Waals surface area contributed by atoms with E-state index in [2.05, 4.69) is 25.3 Å². The van der Waals surface area contributed by atoms with Crippen molar-refractivity contribution in [3.63, 3.8) is 0 Å². The summed E-state index contributed by atoms with van der Waals surface area (Å²) >= 11 is 7.36. The number of carbonyl (C=O) groups is 1. The Kier molecular flexibility index (Phi) is 7.61. The summed E-state index contributed by atoms with van der Waals surface area (Å²) in [7, 11) is 0. The minimum absolute atomic E-state index is 0.154. The molecule has 1 fully saturated rings. The number of carbonyl (C=O) groups excluding carboxylic acids is 1. The van der Waals surface area contributed by atoms with Gasteiger partial charge in [0, 0.05) is 49.4 Å². The van der Waals surface area contributed by atoms with Crippen molar-refractivity contribution in [2.75, 3.05) is 30.3 Å². The molecule has 5 rings (SSSR count). The van der Waals surface area contributed by atoms with E-state index in [1.165, 1.54) is 18.6 Å². The Hall–Kier alpha value is -3.48. The molecule has 1 amide bonds. The van der Waals surface area contributed by atoms with E-state index in [9.17, 15) is 14.3 Å². The number of nitrogens with zero attached hydrogens (tertiary/aromatic N) is 5. The average molecular weight is 574 g/mol. The number of fused-ring (bicyclic) bond motifs is 1. The Morgan fingerprint density at radius 2 is 2.18 bits per heavy atom. The molecule has 1 atom stereocenters. The normalized spacial score (nSPS) is 16.0. The first-order valence-electron chi connectivity index (χ1n) is 12.5. The van der Waals surface area contributed by atoms with Crippen LogP contribution >= 0.6 is 22.9 Å². The number of nitrogens with one attached hydrogen (secondary N) is 1. The molecular formula is C26H29ClFN7O3S. The third-order valence-corrected chi connectivity index (χ3v) is 7.77. The number of ether oxygens (including phenoxy) is 1. The van der Waals surface area contributed by atoms with Crippen molar-refractivity contribution in [1.29, 1.82) is 0 Å². The molecule has 4 aromatic rings. The molecule has 0 radical (unpaired) electrons. The highest BCUT2D eigenvalue weighted by Crippen LogP contribution is 2.36. The molecule has 0 unspecified atom stereocenters. The number of hydrogen-bond donors (Lipinski definition) is 3. The molecule has 0 aliphatic carbocycles. The van der Waals surface area contributed by atoms with Crippen molar-refractivity contribution < 1.29 is 19.0 Å². The number of aliphatic hydroxyl groups is 1. The molecule has 0 bridgehead atoms. The molecule has 0 spiro atoms. The first-order chi connectivity index (χ1) is 18.6. The first kappa shape index (κ1) is 27.1. The van der Waals surface area contributed by atoms with Gasteiger partial charge in [0.25, 0.3) is 5.91 Å². The summed E-state index contributed by atoms with van der Waals surface area (Å²) < 4.78 is 21.8. The summed E-state index contributed by atoms with van der Waals surface area (Å²) in [6, 6.07) is 6.43. The van der Waals surface area contributed by atoms with Crippen LogP contribution in [0.25, 0.3) is 16.8 Å². The second kappa shape index (κ2) is 10.9. The maximum Gasteiger partial charge on any atom is 0.265 e. The Labute approximate surface area is 233 Å². The van der Waals surface area contributed by atoms with Crippen molar-refractivity contribution in [2.24, 2.45) is 0 Å². The van der Waals surface area contributed by atoms with E-state index in [0.717, 1.165) is 36.4 Å². The average Bonchev–Trinajstić information content (AvgIpc) is 3.45. The molecule has 206 valence electrons. The predicted molar refractivity (Wildman–Crippen MR) is 149 cm³/mol. The highest BCUT2D eigenvalue weighted by Gasteiger charge is 2.28. The van der Waals surface area contributed by atoms with Gasteiger partial charge in [0.2, 0.25) is 5.95 Å². The monoisotopic (exact) mass is 573 g/mol. The molecule has 39 heavy (non-hydrogen) atoms. The SMILES string of the molecule is CC(C)(O)CCOc1cc(Cl)sc1C(=O)N[C@@H]1CCCN(c2cc(-c3ccnc(F)c3)n3ncnc(N)c23)C1. The number of nitrogen functional groups attached to an aromatic ring is 1. The zero-order chi connectivity index (χ0) is 27.7. The molecular weight excluding hydrogens is 545 g/mol. The summed E-state index contributed by atoms with van der Waals surface area (Å²) in [6.45, 7) is 4.92. The summed E-state index contributed by atoms with van der Waals surface area (Å²) in [5, 5.41) is 17.4. The van der Waals surface area contributed by atoms with Gasteiger partial charge in [-0.25, -0.2) is 14.5 Å². The number of anilines is 2. The van der Waals surface area contributed by atoms with Crippen molar-refractivity contribution in [3.05, 3.63) is 52.0 Å². The van der Waals surface area contributed by atoms with Crippen molar-refractivity contribution in [1.82, 2.24) is 24.9 Å². The molecule has 4 N–H and O–H groups in total. The summed E-state index contributed by atoms with van der Waals surface area (Å²) in [6.07, 6.45) is 4.79. The lowest BCUT2D eigenvalue weighted by Crippen LogP contribution is -2.47. The third kappa shape index (κ3) is 6.07. The Morgan fingerprint density at radius 1 is 1.36 bits per heavy atom. The minimum Gasteiger partial charge on any atom is -0.492 e. The fourth-order valence-corrected chi connectivity index (χ4v) is 5.71. The topological polar surface area (TPSA) is 131 Å². The highest BCUT2D eigenvalue weighted by molar-refractivity contribution is 7.18. The van der Waals surface area contributed by atoms with Crippen molar-refractivity contribution in [2.45, 2.75) is 44.8 Å². The van der Waals surface area contributed by atoms with E-state index >= 15 is 0 Å². The molecule has 1 aliphatic rings. The molecule has 0 aromatic carbocycles. The van der Waals surface area contributed by atoms with Gasteiger partial charge in [0.1, 0.15) is 22.5 Å². The van der Waals surface area contributed by atoms with E-state index in [-0.39, 0.29) is 18.6 Å². The van der Waals surface area contributed by atoms with E-state index < -0.39 is 11.5 Å². The van der Waals surface area contributed by atoms with Gasteiger partial charge in [-0.1, -0.05) is 11.6 Å². The van der Waals surface area contributed by atoms with Crippen molar-refractivity contribution in [3.8, 4) is 17.0 Å². The number of halogens is 2. The zero-order valence-electron chi connectivity index (χ0n) is 21.5. The zero-order valence-corrected chi connectivity index (χ0v) is 23.1. The number of rotatable bonds is 8. The number of aromatic nitrogens is 4. The molecule has 13 heteroatoms. The predicted octanol–water partition coefficient (Wildman–Crippen LogP) is 4.17. The van der Waals surface area contributed by atoms with Gasteiger partial charge in [0.15, 0.2) is 5.82 Å². The Bertz CT molecular complexity index is 1500. The third-order valence-electron chi connectivity index (χ3n) is 6.53. The maximum absolute atomic E-state index is 13.9. The highest BCUT2D eigenvalue weighted by atomic mass is 35.5. The lowest BCUT2D eigenvalue weighted by molar-refractivity contribution is 0.0553. The molecule has 1 saturated heterocycles. The molecule has 0 saturated carbocycles. The van der Waals surface area contributed by atoms with Gasteiger partial charge in [0.05, 0.1) is 27.9 Å². The van der Waals surface area contributed by atoms with Crippen LogP contribution in [0, 0.1) is 5.95 Å². The Balaban J connectivity index is 1.36. The van der Waals surface area contributed by atoms with Crippen molar-refractivity contribution >= 4 is 45.9 Å². The lowest BCUT2D eigenvalue weighted by Gasteiger charge is -2.34. The van der Waals surface area contributed by atoms with Crippen LogP contribution in [0.4, 0.5) is 15.9 Å². The molecule has 1 aliphatic heterocycles. The number of hydrogen-bond acceptors (Lipinski definition) is 9. The van der Waals surface area contributed by atoms with E-state index in [0.29, 0.717) is 50.5 Å². The van der Waals surface area contributed by atoms with Gasteiger partial charge in [-0.3, -0.25) is 4.79 Å². The largest absolute Gasteiger partial charge is 0.492 e. The quantitative estimate of drug-likeness (QED) is 0.268. The molecule has 5 heterocycles. The number of amides is 1. The van der Waals surface area contributed by atoms with Crippen LogP contribution in [0.3, 0.4) is 0 Å². The van der Waals surface area contributed by atoms with E-state index in [1.54, 1.807) is 30.5 Å². The number of nitrogens with two attached hydrogens (primary N) is 1. The minimum atomic E-state index is -0.878. The van der Waals surface area contributed by atoms with Gasteiger partial charge in [-0.2, -0.15) is 9.49 Å². The number of thiophene rings is 1. The Morgan fingerprint density at radius 3 is 2.95 bits per heavy atom. The van der Waals surface area contributed by atoms with Crippen LogP contribution in [0.1, 0.15) is 42.8 Å². The van der Waals surface area contributed by atoms with Crippen LogP contribution in [0.15, 0.2) is 36.8 Å². The summed E-state index contributed by atoms with van der Waals surface area (Å²) in [5.74, 6) is -0.163. The van der Waals surface area contributed by atoms with E-state index in [1.807, 2.05) is 6.07 Å². The lowest BCUT2D eigenvalue weighted by atomic mass is 10.0. The van der Waals surface area contributed by atoms with Crippen LogP contribution in [0.2, 0.25) is 4.34 Å². The molecule has 4 aromatic heterocycles. The van der Waals surface area contributed by atoms with Gasteiger partial charge in [-0.15, -0.1) is 11.3 Å². The van der Waals surface area contributed by atoms with Crippen LogP contribution in [-0.4, -0.2) is 61.9 Å².